The molecule has 2 aromatic rings. The molecule has 142 valence electrons. The minimum Gasteiger partial charge on any atom is -0.478 e. The smallest absolute Gasteiger partial charge is 0.335 e. The summed E-state index contributed by atoms with van der Waals surface area (Å²) < 4.78 is 27.7. The summed E-state index contributed by atoms with van der Waals surface area (Å²) in [6, 6.07) is 9.17. The van der Waals surface area contributed by atoms with Gasteiger partial charge in [-0.1, -0.05) is 11.6 Å². The first-order valence-corrected chi connectivity index (χ1v) is 10.1. The quantitative estimate of drug-likeness (QED) is 0.791. The highest BCUT2D eigenvalue weighted by Crippen LogP contribution is 2.26. The molecule has 9 heteroatoms. The summed E-state index contributed by atoms with van der Waals surface area (Å²) in [5.74, 6) is -1.43. The molecule has 0 radical (unpaired) electrons. The Balaban J connectivity index is 1.92. The van der Waals surface area contributed by atoms with E-state index in [2.05, 4.69) is 4.72 Å². The number of likely N-dealkylation sites (tertiary alicyclic amines) is 1. The molecule has 3 rings (SSSR count). The van der Waals surface area contributed by atoms with E-state index in [0.717, 1.165) is 12.8 Å². The van der Waals surface area contributed by atoms with Crippen LogP contribution in [0.1, 0.15) is 33.6 Å². The number of halogens is 1. The van der Waals surface area contributed by atoms with Gasteiger partial charge in [-0.05, 0) is 55.3 Å². The van der Waals surface area contributed by atoms with Crippen LogP contribution in [0.4, 0.5) is 5.69 Å². The van der Waals surface area contributed by atoms with Gasteiger partial charge in [-0.25, -0.2) is 13.2 Å². The second-order valence-electron chi connectivity index (χ2n) is 6.12. The van der Waals surface area contributed by atoms with Crippen molar-refractivity contribution in [3.63, 3.8) is 0 Å². The summed E-state index contributed by atoms with van der Waals surface area (Å²) in [6.45, 7) is 1.24. The van der Waals surface area contributed by atoms with Gasteiger partial charge in [0.25, 0.3) is 15.9 Å². The van der Waals surface area contributed by atoms with Crippen molar-refractivity contribution in [3.05, 3.63) is 58.6 Å². The van der Waals surface area contributed by atoms with Crippen LogP contribution < -0.4 is 4.72 Å². The predicted octanol–water partition coefficient (Wildman–Crippen LogP) is 3.08. The molecule has 1 fully saturated rings. The van der Waals surface area contributed by atoms with Crippen LogP contribution in [-0.4, -0.2) is 43.4 Å². The summed E-state index contributed by atoms with van der Waals surface area (Å²) >= 11 is 6.00. The molecule has 7 nitrogen and oxygen atoms in total. The van der Waals surface area contributed by atoms with Crippen molar-refractivity contribution in [1.82, 2.24) is 4.90 Å². The van der Waals surface area contributed by atoms with Crippen molar-refractivity contribution >= 4 is 39.2 Å². The van der Waals surface area contributed by atoms with Crippen LogP contribution in [0, 0.1) is 0 Å². The van der Waals surface area contributed by atoms with Crippen molar-refractivity contribution in [1.29, 1.82) is 0 Å². The van der Waals surface area contributed by atoms with Crippen LogP contribution in [0.15, 0.2) is 47.4 Å². The molecule has 0 unspecified atom stereocenters. The third kappa shape index (κ3) is 4.23. The predicted molar refractivity (Wildman–Crippen MR) is 101 cm³/mol. The second kappa shape index (κ2) is 7.58. The Morgan fingerprint density at radius 1 is 1.04 bits per heavy atom. The van der Waals surface area contributed by atoms with Crippen LogP contribution in [-0.2, 0) is 10.0 Å². The number of hydrogen-bond donors (Lipinski definition) is 2. The number of carboxylic acids is 1. The van der Waals surface area contributed by atoms with Gasteiger partial charge in [0, 0.05) is 18.1 Å². The van der Waals surface area contributed by atoms with Crippen molar-refractivity contribution in [3.8, 4) is 0 Å². The first kappa shape index (κ1) is 19.2. The molecule has 2 aromatic carbocycles. The van der Waals surface area contributed by atoms with Gasteiger partial charge in [-0.2, -0.15) is 0 Å². The molecule has 0 aromatic heterocycles. The minimum atomic E-state index is -4.00. The lowest BCUT2D eigenvalue weighted by Gasteiger charge is -2.18. The van der Waals surface area contributed by atoms with E-state index in [1.54, 1.807) is 4.90 Å². The summed E-state index contributed by atoms with van der Waals surface area (Å²) in [4.78, 5) is 25.2. The molecule has 27 heavy (non-hydrogen) atoms. The third-order valence-electron chi connectivity index (χ3n) is 4.26. The average molecular weight is 409 g/mol. The maximum Gasteiger partial charge on any atom is 0.335 e. The van der Waals surface area contributed by atoms with Crippen LogP contribution in [0.3, 0.4) is 0 Å². The molecule has 0 atom stereocenters. The number of sulfonamides is 1. The Morgan fingerprint density at radius 3 is 2.26 bits per heavy atom. The summed E-state index contributed by atoms with van der Waals surface area (Å²) in [5.41, 5.74) is 0.277. The van der Waals surface area contributed by atoms with E-state index in [9.17, 15) is 18.0 Å². The Bertz CT molecular complexity index is 983. The molecule has 1 heterocycles. The number of hydrogen-bond acceptors (Lipinski definition) is 4. The van der Waals surface area contributed by atoms with E-state index in [-0.39, 0.29) is 27.6 Å². The van der Waals surface area contributed by atoms with Crippen molar-refractivity contribution in [2.45, 2.75) is 17.7 Å². The van der Waals surface area contributed by atoms with Gasteiger partial charge in [0.05, 0.1) is 21.7 Å². The number of carbonyl (C=O) groups is 2. The normalized spacial score (nSPS) is 14.2. The largest absolute Gasteiger partial charge is 0.478 e. The van der Waals surface area contributed by atoms with E-state index < -0.39 is 16.0 Å². The zero-order valence-corrected chi connectivity index (χ0v) is 15.8. The lowest BCUT2D eigenvalue weighted by atomic mass is 10.1. The zero-order valence-electron chi connectivity index (χ0n) is 14.2. The van der Waals surface area contributed by atoms with Gasteiger partial charge in [-0.15, -0.1) is 0 Å². The van der Waals surface area contributed by atoms with Gasteiger partial charge in [-0.3, -0.25) is 9.52 Å². The molecular weight excluding hydrogens is 392 g/mol. The van der Waals surface area contributed by atoms with Gasteiger partial charge in [0.1, 0.15) is 0 Å². The standard InChI is InChI=1S/C18H17ClN2O5S/c19-13-5-8-16(15(11-13)17(22)21-9-1-2-10-21)20-27(25,26)14-6-3-12(4-7-14)18(23)24/h3-8,11,20H,1-2,9-10H2,(H,23,24). The van der Waals surface area contributed by atoms with E-state index in [1.807, 2.05) is 0 Å². The molecule has 0 saturated carbocycles. The SMILES string of the molecule is O=C(O)c1ccc(S(=O)(=O)Nc2ccc(Cl)cc2C(=O)N2CCCC2)cc1. The Labute approximate surface area is 161 Å². The Hall–Kier alpha value is -2.58. The first-order chi connectivity index (χ1) is 12.8. The van der Waals surface area contributed by atoms with Crippen LogP contribution in [0.25, 0.3) is 0 Å². The maximum atomic E-state index is 12.7. The minimum absolute atomic E-state index is 0.0228. The van der Waals surface area contributed by atoms with E-state index in [4.69, 9.17) is 16.7 Å². The molecule has 1 aliphatic rings. The molecular formula is C18H17ClN2O5S. The number of aromatic carboxylic acids is 1. The van der Waals surface area contributed by atoms with Crippen molar-refractivity contribution in [2.75, 3.05) is 17.8 Å². The number of anilines is 1. The lowest BCUT2D eigenvalue weighted by molar-refractivity contribution is 0.0696. The Kier molecular flexibility index (Phi) is 5.38. The fraction of sp³-hybridized carbons (Fsp3) is 0.222. The monoisotopic (exact) mass is 408 g/mol. The van der Waals surface area contributed by atoms with Gasteiger partial charge < -0.3 is 10.0 Å². The lowest BCUT2D eigenvalue weighted by Crippen LogP contribution is -2.29. The molecule has 1 saturated heterocycles. The van der Waals surface area contributed by atoms with Crippen LogP contribution in [0.5, 0.6) is 0 Å². The molecule has 0 spiro atoms. The number of nitrogens with zero attached hydrogens (tertiary/aromatic N) is 1. The van der Waals surface area contributed by atoms with Crippen molar-refractivity contribution in [2.24, 2.45) is 0 Å². The first-order valence-electron chi connectivity index (χ1n) is 8.23. The van der Waals surface area contributed by atoms with Crippen LogP contribution in [0.2, 0.25) is 5.02 Å². The summed E-state index contributed by atoms with van der Waals surface area (Å²) in [5, 5.41) is 9.25. The average Bonchev–Trinajstić information content (AvgIpc) is 3.17. The van der Waals surface area contributed by atoms with E-state index in [1.165, 1.54) is 42.5 Å². The van der Waals surface area contributed by atoms with E-state index >= 15 is 0 Å². The maximum absolute atomic E-state index is 12.7. The topological polar surface area (TPSA) is 104 Å². The highest BCUT2D eigenvalue weighted by Gasteiger charge is 2.24. The van der Waals surface area contributed by atoms with Crippen molar-refractivity contribution < 1.29 is 23.1 Å². The number of amides is 1. The molecule has 1 aliphatic heterocycles. The number of carboxylic acid groups (broad SMARTS) is 1. The van der Waals surface area contributed by atoms with Crippen LogP contribution >= 0.6 is 11.6 Å². The summed E-state index contributed by atoms with van der Waals surface area (Å²) in [7, 11) is -4.00. The fourth-order valence-electron chi connectivity index (χ4n) is 2.85. The number of rotatable bonds is 5. The van der Waals surface area contributed by atoms with Gasteiger partial charge >= 0.3 is 5.97 Å². The third-order valence-corrected chi connectivity index (χ3v) is 5.88. The number of nitrogens with one attached hydrogen (secondary N) is 1. The van der Waals surface area contributed by atoms with Gasteiger partial charge in [0.2, 0.25) is 0 Å². The second-order valence-corrected chi connectivity index (χ2v) is 8.24. The van der Waals surface area contributed by atoms with Gasteiger partial charge in [0.15, 0.2) is 0 Å². The molecule has 2 N–H and O–H groups in total. The molecule has 1 amide bonds. The fourth-order valence-corrected chi connectivity index (χ4v) is 4.11. The highest BCUT2D eigenvalue weighted by molar-refractivity contribution is 7.92. The summed E-state index contributed by atoms with van der Waals surface area (Å²) in [6.07, 6.45) is 1.81. The Morgan fingerprint density at radius 2 is 1.67 bits per heavy atom. The molecule has 0 bridgehead atoms. The zero-order chi connectivity index (χ0) is 19.6. The molecule has 0 aliphatic carbocycles. The van der Waals surface area contributed by atoms with E-state index in [0.29, 0.717) is 18.1 Å². The number of benzene rings is 2. The number of carbonyl (C=O) groups excluding carboxylic acids is 1. The highest BCUT2D eigenvalue weighted by atomic mass is 35.5.